The van der Waals surface area contributed by atoms with Gasteiger partial charge in [0.1, 0.15) is 0 Å². The third-order valence-electron chi connectivity index (χ3n) is 0. The molecule has 0 aliphatic rings. The molecule has 0 saturated carbocycles. The summed E-state index contributed by atoms with van der Waals surface area (Å²) in [7, 11) is 0. The maximum atomic E-state index is 9.69. The molecule has 6 heteroatoms. The van der Waals surface area contributed by atoms with Gasteiger partial charge < -0.3 is 0 Å². The fraction of sp³-hybridized carbons (Fsp3) is 0. The van der Waals surface area contributed by atoms with Gasteiger partial charge in [0.2, 0.25) is 0 Å². The number of hydrogen-bond acceptors (Lipinski definition) is 2. The predicted octanol–water partition coefficient (Wildman–Crippen LogP) is -1.84. The normalized spacial score (nSPS) is 2.14. The summed E-state index contributed by atoms with van der Waals surface area (Å²) in [5.74, 6) is 0. The molecular formula is CH2FKLiNaO2. The molecule has 0 N–H and O–H groups in total. The molecule has 0 fully saturated rings. The van der Waals surface area contributed by atoms with Crippen LogP contribution in [0.1, 0.15) is 0 Å². The topological polar surface area (TPSA) is 34.1 Å². The second kappa shape index (κ2) is 38.7. The van der Waals surface area contributed by atoms with Crippen LogP contribution in [0.2, 0.25) is 0 Å². The quantitative estimate of drug-likeness (QED) is 0.365. The van der Waals surface area contributed by atoms with E-state index in [1.807, 2.05) is 0 Å². The number of rotatable bonds is 0. The van der Waals surface area contributed by atoms with Gasteiger partial charge in [0.25, 0.3) is 0 Å². The van der Waals surface area contributed by atoms with E-state index in [1.165, 1.54) is 0 Å². The van der Waals surface area contributed by atoms with Crippen molar-refractivity contribution in [1.82, 2.24) is 0 Å². The molecular weight excluding hydrogens is 132 g/mol. The Hall–Kier alpha value is 2.54. The summed E-state index contributed by atoms with van der Waals surface area (Å²) in [4.78, 5) is 16.2. The zero-order chi connectivity index (χ0) is 4.71. The van der Waals surface area contributed by atoms with Gasteiger partial charge in [-0.25, -0.2) is 0 Å². The van der Waals surface area contributed by atoms with E-state index < -0.39 is 49.9 Å². The Morgan fingerprint density at radius 2 is 1.29 bits per heavy atom. The summed E-state index contributed by atoms with van der Waals surface area (Å²) in [6.07, 6.45) is 0.250. The van der Waals surface area contributed by atoms with E-state index in [-0.39, 0.29) is 54.6 Å². The number of hydrogen-bond donors (Lipinski definition) is 0. The average Bonchev–Trinajstić information content (AvgIpc) is 1.46. The molecule has 0 heterocycles. The summed E-state index contributed by atoms with van der Waals surface area (Å²) in [6, 6.07) is 0. The Kier molecular flexibility index (Phi) is 125. The third kappa shape index (κ3) is 56.5. The molecule has 0 radical (unpaired) electrons. The van der Waals surface area contributed by atoms with Crippen LogP contribution >= 0.6 is 0 Å². The molecule has 0 saturated heterocycles. The summed E-state index contributed by atoms with van der Waals surface area (Å²) < 4.78 is 9.69. The van der Waals surface area contributed by atoms with E-state index in [9.17, 15) is -0.211 Å². The third-order valence-corrected chi connectivity index (χ3v) is 0. The van der Waals surface area contributed by atoms with Crippen molar-refractivity contribution in [2.24, 2.45) is 0 Å². The van der Waals surface area contributed by atoms with Crippen LogP contribution < -0.4 is 0 Å². The second-order valence-corrected chi connectivity index (χ2v) is 0.0833. The Labute approximate surface area is 111 Å². The van der Waals surface area contributed by atoms with Crippen LogP contribution in [0.3, 0.4) is 0 Å². The molecule has 2 nitrogen and oxygen atoms in total. The van der Waals surface area contributed by atoms with Crippen molar-refractivity contribution in [2.75, 3.05) is 0 Å². The van der Waals surface area contributed by atoms with Gasteiger partial charge in [-0.05, 0) is 0 Å². The van der Waals surface area contributed by atoms with Crippen LogP contribution in [-0.4, -0.2) is 104 Å². The molecule has 0 aromatic heterocycles. The maximum absolute atomic E-state index is 9.69. The van der Waals surface area contributed by atoms with E-state index in [0.717, 1.165) is 0 Å². The standard InChI is InChI=1S/CO2.FH.K.Li.Na.2H/c2-1-3;;;;;;/h;1H;;;;;/q;;+1;;;;/p-1. The Morgan fingerprint density at radius 1 is 1.29 bits per heavy atom. The Morgan fingerprint density at radius 3 is 1.29 bits per heavy atom. The molecule has 0 spiro atoms. The van der Waals surface area contributed by atoms with Crippen LogP contribution in [0.4, 0.5) is -0.211 Å². The molecule has 0 amide bonds. The molecule has 0 bridgehead atoms. The Balaban J connectivity index is -0.0000000105. The first kappa shape index (κ1) is 22.7. The molecule has 0 rings (SSSR count). The van der Waals surface area contributed by atoms with Crippen molar-refractivity contribution in [3.8, 4) is 0 Å². The van der Waals surface area contributed by atoms with Crippen molar-refractivity contribution in [3.05, 3.63) is 0 Å². The van der Waals surface area contributed by atoms with Crippen molar-refractivity contribution in [2.45, 2.75) is 0 Å². The molecule has 0 aromatic carbocycles. The molecule has 0 aromatic rings. The van der Waals surface area contributed by atoms with E-state index in [2.05, 4.69) is 0 Å². The van der Waals surface area contributed by atoms with Crippen LogP contribution in [-0.2, 0) is 9.59 Å². The molecule has 0 aliphatic heterocycles. The van der Waals surface area contributed by atoms with Gasteiger partial charge in [0.05, 0.1) is 0 Å². The predicted molar refractivity (Wildman–Crippen MR) is 26.2 cm³/mol. The number of carbonyl (C=O) groups excluding carboxylic acids is 2. The molecule has 0 aliphatic carbocycles. The summed E-state index contributed by atoms with van der Waals surface area (Å²) in [5.41, 5.74) is 0. The fourth-order valence-corrected chi connectivity index (χ4v) is 0. The van der Waals surface area contributed by atoms with E-state index in [1.54, 1.807) is 0 Å². The van der Waals surface area contributed by atoms with Crippen LogP contribution in [0.15, 0.2) is 0 Å². The van der Waals surface area contributed by atoms with Crippen LogP contribution in [0.5, 0.6) is 0 Å². The second-order valence-electron chi connectivity index (χ2n) is 0.0833. The minimum atomic E-state index is -0.438. The first-order chi connectivity index (χ1) is 2.41. The van der Waals surface area contributed by atoms with Gasteiger partial charge in [0.15, 0.2) is 0 Å². The van der Waals surface area contributed by atoms with E-state index >= 15 is 0 Å². The van der Waals surface area contributed by atoms with Gasteiger partial charge in [-0.3, -0.25) is 0 Å². The van der Waals surface area contributed by atoms with Gasteiger partial charge >= 0.3 is 104 Å². The number of halogens is 1. The first-order valence-electron chi connectivity index (χ1n) is 0.786. The van der Waals surface area contributed by atoms with Gasteiger partial charge in [-0.15, -0.1) is 0 Å². The zero-order valence-electron chi connectivity index (χ0n) is 2.69. The monoisotopic (exact) mass is 134 g/mol. The van der Waals surface area contributed by atoms with Crippen molar-refractivity contribution in [1.29, 1.82) is 0 Å². The molecule has 0 atom stereocenters. The van der Waals surface area contributed by atoms with Gasteiger partial charge in [-0.1, -0.05) is 0 Å². The average molecular weight is 134 g/mol. The summed E-state index contributed by atoms with van der Waals surface area (Å²) in [5, 5.41) is 0. The minimum absolute atomic E-state index is 0. The molecule has 0 unspecified atom stereocenters. The Bertz CT molecular complexity index is 38.7. The molecule has 7 heavy (non-hydrogen) atoms. The van der Waals surface area contributed by atoms with Crippen molar-refractivity contribution >= 4 is 104 Å². The van der Waals surface area contributed by atoms with Crippen molar-refractivity contribution < 1.29 is 9.38 Å². The van der Waals surface area contributed by atoms with E-state index in [0.29, 0.717) is 0 Å². The molecule has 28 valence electrons. The fourth-order valence-electron chi connectivity index (χ4n) is 0. The summed E-state index contributed by atoms with van der Waals surface area (Å²) in [6.45, 7) is 0. The van der Waals surface area contributed by atoms with Gasteiger partial charge in [0, 0.05) is 0 Å². The van der Waals surface area contributed by atoms with Crippen molar-refractivity contribution in [3.63, 3.8) is 0 Å². The zero-order valence-corrected chi connectivity index (χ0v) is 5.82. The van der Waals surface area contributed by atoms with Crippen LogP contribution in [0, 0.1) is 0 Å². The first-order valence-corrected chi connectivity index (χ1v) is 1.97. The van der Waals surface area contributed by atoms with Crippen LogP contribution in [0.25, 0.3) is 0 Å². The SMILES string of the molecule is O=C=O.[F][K].[LiH].[NaH]. The van der Waals surface area contributed by atoms with Gasteiger partial charge in [-0.2, -0.15) is 9.59 Å². The van der Waals surface area contributed by atoms with E-state index in [4.69, 9.17) is 9.59 Å². The summed E-state index contributed by atoms with van der Waals surface area (Å²) >= 11 is -0.438.